The van der Waals surface area contributed by atoms with Gasteiger partial charge in [0.05, 0.1) is 16.4 Å². The Balaban J connectivity index is 2.38. The van der Waals surface area contributed by atoms with Crippen LogP contribution in [0.3, 0.4) is 0 Å². The number of aromatic nitrogens is 1. The maximum Gasteiger partial charge on any atom is 0.256 e. The minimum atomic E-state index is -0.889. The van der Waals surface area contributed by atoms with E-state index in [4.69, 9.17) is 10.5 Å². The third kappa shape index (κ3) is 2.52. The van der Waals surface area contributed by atoms with E-state index in [-0.39, 0.29) is 11.6 Å². The van der Waals surface area contributed by atoms with E-state index >= 15 is 0 Å². The Bertz CT molecular complexity index is 543. The summed E-state index contributed by atoms with van der Waals surface area (Å²) in [4.78, 5) is 3.51. The molecule has 0 bridgehead atoms. The monoisotopic (exact) mass is 300 g/mol. The van der Waals surface area contributed by atoms with Gasteiger partial charge in [0.1, 0.15) is 5.82 Å². The maximum atomic E-state index is 13.3. The molecule has 2 aromatic rings. The Morgan fingerprint density at radius 2 is 2.06 bits per heavy atom. The van der Waals surface area contributed by atoms with Gasteiger partial charge in [0, 0.05) is 6.07 Å². The van der Waals surface area contributed by atoms with Crippen LogP contribution in [0.2, 0.25) is 0 Å². The average Bonchev–Trinajstić information content (AvgIpc) is 2.26. The number of hydrogen-bond donors (Lipinski definition) is 1. The van der Waals surface area contributed by atoms with Gasteiger partial charge < -0.3 is 10.5 Å². The van der Waals surface area contributed by atoms with Crippen LogP contribution < -0.4 is 10.5 Å². The summed E-state index contributed by atoms with van der Waals surface area (Å²) in [7, 11) is 0. The summed E-state index contributed by atoms with van der Waals surface area (Å²) in [5, 5.41) is 0. The molecule has 2 N–H and O–H groups in total. The summed E-state index contributed by atoms with van der Waals surface area (Å²) in [5.41, 5.74) is 5.99. The predicted octanol–water partition coefficient (Wildman–Crippen LogP) is 3.50. The van der Waals surface area contributed by atoms with E-state index in [0.717, 1.165) is 6.20 Å². The Hall–Kier alpha value is -1.69. The van der Waals surface area contributed by atoms with Crippen molar-refractivity contribution in [2.45, 2.75) is 0 Å². The molecule has 0 atom stereocenters. The molecule has 0 fully saturated rings. The first kappa shape index (κ1) is 11.8. The quantitative estimate of drug-likeness (QED) is 0.864. The van der Waals surface area contributed by atoms with E-state index in [1.165, 1.54) is 0 Å². The van der Waals surface area contributed by atoms with Gasteiger partial charge in [0.15, 0.2) is 11.6 Å². The van der Waals surface area contributed by atoms with Crippen molar-refractivity contribution >= 4 is 21.6 Å². The van der Waals surface area contributed by atoms with Gasteiger partial charge >= 0.3 is 0 Å². The lowest BCUT2D eigenvalue weighted by atomic mass is 10.3. The number of benzene rings is 1. The molecule has 0 radical (unpaired) electrons. The zero-order chi connectivity index (χ0) is 12.4. The molecular weight excluding hydrogens is 294 g/mol. The largest absolute Gasteiger partial charge is 0.433 e. The first-order chi connectivity index (χ1) is 8.08. The van der Waals surface area contributed by atoms with Crippen LogP contribution in [0.15, 0.2) is 34.9 Å². The summed E-state index contributed by atoms with van der Waals surface area (Å²) in [5.74, 6) is -1.74. The lowest BCUT2D eigenvalue weighted by Crippen LogP contribution is -1.97. The molecule has 17 heavy (non-hydrogen) atoms. The molecule has 0 aliphatic heterocycles. The normalized spacial score (nSPS) is 10.3. The molecule has 0 unspecified atom stereocenters. The van der Waals surface area contributed by atoms with Gasteiger partial charge in [-0.05, 0) is 28.1 Å². The van der Waals surface area contributed by atoms with Crippen molar-refractivity contribution in [2.24, 2.45) is 0 Å². The zero-order valence-corrected chi connectivity index (χ0v) is 10.0. The van der Waals surface area contributed by atoms with Crippen molar-refractivity contribution in [3.63, 3.8) is 0 Å². The van der Waals surface area contributed by atoms with Crippen molar-refractivity contribution in [1.29, 1.82) is 0 Å². The fourth-order valence-electron chi connectivity index (χ4n) is 1.21. The second-order valence-electron chi connectivity index (χ2n) is 3.20. The lowest BCUT2D eigenvalue weighted by molar-refractivity contribution is 0.416. The van der Waals surface area contributed by atoms with Gasteiger partial charge in [-0.25, -0.2) is 13.8 Å². The van der Waals surface area contributed by atoms with Crippen LogP contribution in [0.4, 0.5) is 14.5 Å². The Kier molecular flexibility index (Phi) is 3.23. The molecule has 0 spiro atoms. The van der Waals surface area contributed by atoms with Gasteiger partial charge in [-0.3, -0.25) is 0 Å². The van der Waals surface area contributed by atoms with E-state index in [9.17, 15) is 8.78 Å². The predicted molar refractivity (Wildman–Crippen MR) is 62.8 cm³/mol. The number of pyridine rings is 1. The van der Waals surface area contributed by atoms with E-state index in [1.54, 1.807) is 18.2 Å². The van der Waals surface area contributed by atoms with Gasteiger partial charge in [-0.1, -0.05) is 6.07 Å². The summed E-state index contributed by atoms with van der Waals surface area (Å²) >= 11 is 3.21. The molecular formula is C11H7BrF2N2O. The molecule has 0 saturated carbocycles. The topological polar surface area (TPSA) is 48.1 Å². The number of rotatable bonds is 2. The third-order valence-electron chi connectivity index (χ3n) is 1.97. The molecule has 0 aliphatic rings. The van der Waals surface area contributed by atoms with Crippen LogP contribution in [-0.2, 0) is 0 Å². The highest BCUT2D eigenvalue weighted by Crippen LogP contribution is 2.34. The second kappa shape index (κ2) is 4.67. The summed E-state index contributed by atoms with van der Waals surface area (Å²) < 4.78 is 31.7. The molecule has 0 amide bonds. The minimum absolute atomic E-state index is 0.241. The Morgan fingerprint density at radius 3 is 2.71 bits per heavy atom. The van der Waals surface area contributed by atoms with E-state index in [2.05, 4.69) is 20.9 Å². The Labute approximate surface area is 104 Å². The number of nitrogens with zero attached hydrogens (tertiary/aromatic N) is 1. The molecule has 1 aromatic carbocycles. The number of nitrogens with two attached hydrogens (primary N) is 1. The Morgan fingerprint density at radius 1 is 1.29 bits per heavy atom. The number of nitrogen functional groups attached to an aromatic ring is 1. The number of ether oxygens (including phenoxy) is 1. The highest BCUT2D eigenvalue weighted by Gasteiger charge is 2.12. The van der Waals surface area contributed by atoms with Crippen molar-refractivity contribution in [1.82, 2.24) is 4.98 Å². The summed E-state index contributed by atoms with van der Waals surface area (Å²) in [6.07, 6.45) is 0.867. The smallest absolute Gasteiger partial charge is 0.256 e. The van der Waals surface area contributed by atoms with E-state index in [1.807, 2.05) is 0 Å². The van der Waals surface area contributed by atoms with Crippen LogP contribution in [-0.4, -0.2) is 4.98 Å². The maximum absolute atomic E-state index is 13.3. The van der Waals surface area contributed by atoms with Crippen LogP contribution in [0.25, 0.3) is 0 Å². The van der Waals surface area contributed by atoms with Crippen LogP contribution in [0, 0.1) is 11.6 Å². The van der Waals surface area contributed by atoms with E-state index < -0.39 is 11.6 Å². The lowest BCUT2D eigenvalue weighted by Gasteiger charge is -2.09. The zero-order valence-electron chi connectivity index (χ0n) is 8.45. The van der Waals surface area contributed by atoms with Crippen molar-refractivity contribution in [3.8, 4) is 11.6 Å². The number of anilines is 1. The van der Waals surface area contributed by atoms with Crippen molar-refractivity contribution in [2.75, 3.05) is 5.73 Å². The highest BCUT2D eigenvalue weighted by molar-refractivity contribution is 9.10. The third-order valence-corrected chi connectivity index (χ3v) is 2.59. The molecule has 0 aliphatic carbocycles. The van der Waals surface area contributed by atoms with Crippen molar-refractivity contribution < 1.29 is 13.5 Å². The highest BCUT2D eigenvalue weighted by atomic mass is 79.9. The second-order valence-corrected chi connectivity index (χ2v) is 4.06. The first-order valence-corrected chi connectivity index (χ1v) is 5.40. The van der Waals surface area contributed by atoms with Crippen LogP contribution >= 0.6 is 15.9 Å². The standard InChI is InChI=1S/C11H7BrF2N2O/c12-7-2-1-3-9(15)10(7)17-11-8(14)4-6(13)5-16-11/h1-5H,15H2. The van der Waals surface area contributed by atoms with Crippen LogP contribution in [0.5, 0.6) is 11.6 Å². The molecule has 6 heteroatoms. The molecule has 0 saturated heterocycles. The van der Waals surface area contributed by atoms with Crippen LogP contribution in [0.1, 0.15) is 0 Å². The molecule has 1 heterocycles. The van der Waals surface area contributed by atoms with Gasteiger partial charge in [-0.15, -0.1) is 0 Å². The fourth-order valence-corrected chi connectivity index (χ4v) is 1.67. The molecule has 1 aromatic heterocycles. The molecule has 88 valence electrons. The van der Waals surface area contributed by atoms with Crippen molar-refractivity contribution in [3.05, 3.63) is 46.6 Å². The van der Waals surface area contributed by atoms with Gasteiger partial charge in [0.25, 0.3) is 5.88 Å². The van der Waals surface area contributed by atoms with Gasteiger partial charge in [0.2, 0.25) is 0 Å². The number of hydrogen-bond acceptors (Lipinski definition) is 3. The average molecular weight is 301 g/mol. The fraction of sp³-hybridized carbons (Fsp3) is 0. The molecule has 3 nitrogen and oxygen atoms in total. The SMILES string of the molecule is Nc1cccc(Br)c1Oc1ncc(F)cc1F. The first-order valence-electron chi connectivity index (χ1n) is 4.61. The van der Waals surface area contributed by atoms with E-state index in [0.29, 0.717) is 16.2 Å². The minimum Gasteiger partial charge on any atom is -0.433 e. The van der Waals surface area contributed by atoms with Gasteiger partial charge in [-0.2, -0.15) is 0 Å². The number of para-hydroxylation sites is 1. The summed E-state index contributed by atoms with van der Waals surface area (Å²) in [6.45, 7) is 0. The summed E-state index contributed by atoms with van der Waals surface area (Å²) in [6, 6.07) is 5.69. The molecule has 2 rings (SSSR count). The number of halogens is 3.